The minimum atomic E-state index is -0.821. The number of imidazole rings is 1. The molecule has 122 valence electrons. The molecular weight excluding hydrogens is 313 g/mol. The quantitative estimate of drug-likeness (QED) is 0.777. The van der Waals surface area contributed by atoms with Crippen LogP contribution in [-0.4, -0.2) is 31.5 Å². The van der Waals surface area contributed by atoms with Crippen molar-refractivity contribution in [2.75, 3.05) is 5.32 Å². The van der Waals surface area contributed by atoms with E-state index in [1.807, 2.05) is 0 Å². The lowest BCUT2D eigenvalue weighted by Crippen LogP contribution is -2.30. The highest BCUT2D eigenvalue weighted by atomic mass is 19.1. The summed E-state index contributed by atoms with van der Waals surface area (Å²) >= 11 is 0. The van der Waals surface area contributed by atoms with Crippen molar-refractivity contribution in [3.05, 3.63) is 61.2 Å². The van der Waals surface area contributed by atoms with Gasteiger partial charge in [0.05, 0.1) is 0 Å². The molecule has 0 radical (unpaired) electrons. The van der Waals surface area contributed by atoms with E-state index in [1.165, 1.54) is 24.5 Å². The lowest BCUT2D eigenvalue weighted by Gasteiger charge is -2.14. The van der Waals surface area contributed by atoms with Crippen molar-refractivity contribution < 1.29 is 13.9 Å². The molecule has 7 nitrogen and oxygen atoms in total. The van der Waals surface area contributed by atoms with Gasteiger partial charge < -0.3 is 10.1 Å². The first-order valence-electron chi connectivity index (χ1n) is 7.15. The summed E-state index contributed by atoms with van der Waals surface area (Å²) in [6.45, 7) is 1.57. The first kappa shape index (κ1) is 15.6. The second-order valence-electron chi connectivity index (χ2n) is 4.94. The molecule has 0 saturated carbocycles. The van der Waals surface area contributed by atoms with Crippen LogP contribution in [0.1, 0.15) is 6.92 Å². The topological polar surface area (TPSA) is 81.9 Å². The normalized spacial score (nSPS) is 11.8. The molecule has 0 saturated heterocycles. The molecule has 3 aromatic rings. The Bertz CT molecular complexity index is 838. The molecule has 2 aromatic heterocycles. The number of nitrogens with zero attached hydrogens (tertiary/aromatic N) is 4. The molecule has 24 heavy (non-hydrogen) atoms. The lowest BCUT2D eigenvalue weighted by atomic mass is 10.3. The van der Waals surface area contributed by atoms with Crippen LogP contribution in [0.15, 0.2) is 55.4 Å². The first-order valence-corrected chi connectivity index (χ1v) is 7.15. The molecule has 0 fully saturated rings. The second-order valence-corrected chi connectivity index (χ2v) is 4.94. The number of aromatic nitrogens is 4. The molecular formula is C16H14FN5O2. The van der Waals surface area contributed by atoms with Crippen LogP contribution in [0.25, 0.3) is 5.82 Å². The number of nitrogens with one attached hydrogen (secondary N) is 1. The van der Waals surface area contributed by atoms with Crippen molar-refractivity contribution in [2.24, 2.45) is 0 Å². The number of halogens is 1. The van der Waals surface area contributed by atoms with Crippen molar-refractivity contribution in [2.45, 2.75) is 13.0 Å². The number of carbonyl (C=O) groups is 1. The zero-order valence-corrected chi connectivity index (χ0v) is 12.8. The fourth-order valence-electron chi connectivity index (χ4n) is 1.98. The Kier molecular flexibility index (Phi) is 4.46. The van der Waals surface area contributed by atoms with E-state index in [0.29, 0.717) is 11.6 Å². The van der Waals surface area contributed by atoms with Gasteiger partial charge in [-0.25, -0.2) is 19.3 Å². The maximum atomic E-state index is 13.1. The smallest absolute Gasteiger partial charge is 0.266 e. The Morgan fingerprint density at radius 2 is 2.21 bits per heavy atom. The van der Waals surface area contributed by atoms with Crippen LogP contribution in [0.2, 0.25) is 0 Å². The van der Waals surface area contributed by atoms with Crippen molar-refractivity contribution in [1.82, 2.24) is 19.5 Å². The molecule has 2 heterocycles. The standard InChI is InChI=1S/C16H14FN5O2/c1-11(24-13-4-2-3-12(17)7-13)16(23)21-14-8-15(20-9-19-14)22-6-5-18-10-22/h2-11H,1H3,(H,19,20,21,23). The van der Waals surface area contributed by atoms with Gasteiger partial charge in [-0.3, -0.25) is 9.36 Å². The SMILES string of the molecule is CC(Oc1cccc(F)c1)C(=O)Nc1cc(-n2ccnc2)ncn1. The molecule has 3 rings (SSSR count). The zero-order chi connectivity index (χ0) is 16.9. The summed E-state index contributed by atoms with van der Waals surface area (Å²) in [5.74, 6) is 0.333. The van der Waals surface area contributed by atoms with E-state index in [4.69, 9.17) is 4.74 Å². The van der Waals surface area contributed by atoms with Crippen molar-refractivity contribution in [3.8, 4) is 11.6 Å². The van der Waals surface area contributed by atoms with Crippen LogP contribution in [0.4, 0.5) is 10.2 Å². The summed E-state index contributed by atoms with van der Waals surface area (Å²) in [6.07, 6.45) is 5.45. The number of hydrogen-bond donors (Lipinski definition) is 1. The predicted octanol–water partition coefficient (Wildman–Crippen LogP) is 2.21. The largest absolute Gasteiger partial charge is 0.481 e. The molecule has 0 bridgehead atoms. The van der Waals surface area contributed by atoms with Crippen LogP contribution < -0.4 is 10.1 Å². The Morgan fingerprint density at radius 1 is 1.33 bits per heavy atom. The molecule has 0 aliphatic rings. The molecule has 1 aromatic carbocycles. The van der Waals surface area contributed by atoms with Gasteiger partial charge in [0.25, 0.3) is 5.91 Å². The monoisotopic (exact) mass is 327 g/mol. The Morgan fingerprint density at radius 3 is 2.96 bits per heavy atom. The Balaban J connectivity index is 1.67. The number of hydrogen-bond acceptors (Lipinski definition) is 5. The van der Waals surface area contributed by atoms with Gasteiger partial charge in [0, 0.05) is 24.5 Å². The molecule has 8 heteroatoms. The summed E-state index contributed by atoms with van der Waals surface area (Å²) in [6, 6.07) is 7.21. The van der Waals surface area contributed by atoms with Crippen LogP contribution in [0.3, 0.4) is 0 Å². The summed E-state index contributed by atoms with van der Waals surface area (Å²) in [5, 5.41) is 2.64. The molecule has 0 aliphatic heterocycles. The van der Waals surface area contributed by atoms with Crippen molar-refractivity contribution in [1.29, 1.82) is 0 Å². The average molecular weight is 327 g/mol. The third kappa shape index (κ3) is 3.72. The molecule has 1 atom stereocenters. The fourth-order valence-corrected chi connectivity index (χ4v) is 1.98. The fraction of sp³-hybridized carbons (Fsp3) is 0.125. The number of carbonyl (C=O) groups excluding carboxylic acids is 1. The lowest BCUT2D eigenvalue weighted by molar-refractivity contribution is -0.122. The van der Waals surface area contributed by atoms with E-state index in [0.717, 1.165) is 0 Å². The van der Waals surface area contributed by atoms with Gasteiger partial charge in [-0.2, -0.15) is 0 Å². The van der Waals surface area contributed by atoms with Crippen molar-refractivity contribution in [3.63, 3.8) is 0 Å². The number of amides is 1. The second kappa shape index (κ2) is 6.86. The predicted molar refractivity (Wildman–Crippen MR) is 84.3 cm³/mol. The van der Waals surface area contributed by atoms with E-state index in [-0.39, 0.29) is 5.75 Å². The maximum Gasteiger partial charge on any atom is 0.266 e. The van der Waals surface area contributed by atoms with Gasteiger partial charge >= 0.3 is 0 Å². The molecule has 0 spiro atoms. The molecule has 0 aliphatic carbocycles. The van der Waals surface area contributed by atoms with Gasteiger partial charge in [-0.1, -0.05) is 6.07 Å². The number of ether oxygens (including phenoxy) is 1. The summed E-state index contributed by atoms with van der Waals surface area (Å²) in [4.78, 5) is 24.2. The van der Waals surface area contributed by atoms with Gasteiger partial charge in [-0.05, 0) is 19.1 Å². The molecule has 1 amide bonds. The van der Waals surface area contributed by atoms with Gasteiger partial charge in [-0.15, -0.1) is 0 Å². The third-order valence-corrected chi connectivity index (χ3v) is 3.15. The van der Waals surface area contributed by atoms with Crippen LogP contribution in [0, 0.1) is 5.82 Å². The molecule has 1 N–H and O–H groups in total. The summed E-state index contributed by atoms with van der Waals surface area (Å²) in [7, 11) is 0. The highest BCUT2D eigenvalue weighted by Gasteiger charge is 2.16. The van der Waals surface area contributed by atoms with E-state index >= 15 is 0 Å². The van der Waals surface area contributed by atoms with Gasteiger partial charge in [0.1, 0.15) is 35.9 Å². The minimum Gasteiger partial charge on any atom is -0.481 e. The summed E-state index contributed by atoms with van der Waals surface area (Å²) in [5.41, 5.74) is 0. The van der Waals surface area contributed by atoms with Crippen molar-refractivity contribution >= 4 is 11.7 Å². The van der Waals surface area contributed by atoms with E-state index in [1.54, 1.807) is 42.3 Å². The van der Waals surface area contributed by atoms with Crippen LogP contribution in [-0.2, 0) is 4.79 Å². The highest BCUT2D eigenvalue weighted by molar-refractivity contribution is 5.93. The van der Waals surface area contributed by atoms with Gasteiger partial charge in [0.15, 0.2) is 6.10 Å². The van der Waals surface area contributed by atoms with E-state index in [2.05, 4.69) is 20.3 Å². The Labute approximate surface area is 137 Å². The zero-order valence-electron chi connectivity index (χ0n) is 12.8. The number of rotatable bonds is 5. The van der Waals surface area contributed by atoms with Crippen LogP contribution >= 0.6 is 0 Å². The first-order chi connectivity index (χ1) is 11.6. The highest BCUT2D eigenvalue weighted by Crippen LogP contribution is 2.15. The number of benzene rings is 1. The van der Waals surface area contributed by atoms with Gasteiger partial charge in [0.2, 0.25) is 0 Å². The number of anilines is 1. The van der Waals surface area contributed by atoms with E-state index in [9.17, 15) is 9.18 Å². The average Bonchev–Trinajstić information content (AvgIpc) is 3.09. The summed E-state index contributed by atoms with van der Waals surface area (Å²) < 4.78 is 20.2. The third-order valence-electron chi connectivity index (χ3n) is 3.15. The maximum absolute atomic E-state index is 13.1. The van der Waals surface area contributed by atoms with E-state index < -0.39 is 17.8 Å². The molecule has 1 unspecified atom stereocenters. The Hall–Kier alpha value is -3.29. The minimum absolute atomic E-state index is 0.277. The van der Waals surface area contributed by atoms with Crippen LogP contribution in [0.5, 0.6) is 5.75 Å².